The van der Waals surface area contributed by atoms with Gasteiger partial charge in [0.1, 0.15) is 11.8 Å². The van der Waals surface area contributed by atoms with Crippen LogP contribution in [0, 0.1) is 0 Å². The van der Waals surface area contributed by atoms with Crippen molar-refractivity contribution in [3.8, 4) is 0 Å². The molecule has 0 saturated carbocycles. The lowest BCUT2D eigenvalue weighted by Crippen LogP contribution is -2.37. The maximum Gasteiger partial charge on any atom is 0.238 e. The zero-order chi connectivity index (χ0) is 18.3. The quantitative estimate of drug-likeness (QED) is 0.653. The number of alkyl halides is 2. The molecular weight excluding hydrogens is 347 g/mol. The summed E-state index contributed by atoms with van der Waals surface area (Å²) in [5, 5.41) is 0. The molecule has 0 radical (unpaired) electrons. The third-order valence-electron chi connectivity index (χ3n) is 3.84. The lowest BCUT2D eigenvalue weighted by Gasteiger charge is -2.27. The molecule has 0 unspecified atom stereocenters. The van der Waals surface area contributed by atoms with Gasteiger partial charge >= 0.3 is 0 Å². The Kier molecular flexibility index (Phi) is 8.57. The van der Waals surface area contributed by atoms with Crippen molar-refractivity contribution in [1.82, 2.24) is 9.80 Å². The summed E-state index contributed by atoms with van der Waals surface area (Å²) < 4.78 is 0. The highest BCUT2D eigenvalue weighted by Crippen LogP contribution is 2.14. The number of halogens is 2. The Hall–Kier alpha value is -1.26. The fourth-order valence-electron chi connectivity index (χ4n) is 2.41. The van der Waals surface area contributed by atoms with Crippen molar-refractivity contribution in [2.75, 3.05) is 11.8 Å². The summed E-state index contributed by atoms with van der Waals surface area (Å²) in [5.41, 5.74) is 2.07. The fraction of sp³-hybridized carbons (Fsp3) is 0.556. The molecule has 0 aromatic heterocycles. The normalized spacial score (nSPS) is 11.0. The maximum absolute atomic E-state index is 11.9. The van der Waals surface area contributed by atoms with E-state index >= 15 is 0 Å². The first kappa shape index (κ1) is 20.8. The number of carbonyl (C=O) groups is 2. The van der Waals surface area contributed by atoms with Crippen LogP contribution >= 0.6 is 23.2 Å². The maximum atomic E-state index is 11.9. The summed E-state index contributed by atoms with van der Waals surface area (Å²) >= 11 is 11.3. The summed E-state index contributed by atoms with van der Waals surface area (Å²) in [6.45, 7) is 8.93. The van der Waals surface area contributed by atoms with Gasteiger partial charge in [-0.05, 0) is 38.8 Å². The molecule has 0 aliphatic rings. The number of amides is 2. The third-order valence-corrected chi connectivity index (χ3v) is 4.30. The first-order valence-electron chi connectivity index (χ1n) is 8.08. The van der Waals surface area contributed by atoms with E-state index in [1.54, 1.807) is 9.80 Å². The van der Waals surface area contributed by atoms with Gasteiger partial charge in [-0.1, -0.05) is 24.3 Å². The molecule has 134 valence electrons. The van der Waals surface area contributed by atoms with E-state index in [0.717, 1.165) is 11.1 Å². The first-order chi connectivity index (χ1) is 11.3. The van der Waals surface area contributed by atoms with Crippen LogP contribution in [0.3, 0.4) is 0 Å². The summed E-state index contributed by atoms with van der Waals surface area (Å²) in [5.74, 6) is -0.177. The van der Waals surface area contributed by atoms with Crippen molar-refractivity contribution >= 4 is 35.0 Å². The van der Waals surface area contributed by atoms with Crippen LogP contribution in [0.2, 0.25) is 0 Å². The van der Waals surface area contributed by atoms with E-state index in [4.69, 9.17) is 23.2 Å². The molecule has 4 nitrogen and oxygen atoms in total. The van der Waals surface area contributed by atoms with Crippen LogP contribution in [0.4, 0.5) is 0 Å². The highest BCUT2D eigenvalue weighted by molar-refractivity contribution is 6.27. The molecule has 0 atom stereocenters. The minimum Gasteiger partial charge on any atom is -0.335 e. The molecule has 1 rings (SSSR count). The monoisotopic (exact) mass is 372 g/mol. The summed E-state index contributed by atoms with van der Waals surface area (Å²) in [4.78, 5) is 27.3. The number of rotatable bonds is 8. The number of hydrogen-bond acceptors (Lipinski definition) is 2. The zero-order valence-corrected chi connectivity index (χ0v) is 16.3. The lowest BCUT2D eigenvalue weighted by molar-refractivity contribution is -0.131. The van der Waals surface area contributed by atoms with E-state index in [1.165, 1.54) is 0 Å². The van der Waals surface area contributed by atoms with Crippen LogP contribution in [0.15, 0.2) is 24.3 Å². The summed E-state index contributed by atoms with van der Waals surface area (Å²) in [6.07, 6.45) is 0. The Balaban J connectivity index is 2.81. The second-order valence-electron chi connectivity index (χ2n) is 6.31. The number of benzene rings is 1. The molecule has 0 aliphatic heterocycles. The van der Waals surface area contributed by atoms with Gasteiger partial charge < -0.3 is 9.80 Å². The minimum absolute atomic E-state index is 0.0137. The van der Waals surface area contributed by atoms with Crippen molar-refractivity contribution in [3.05, 3.63) is 35.4 Å². The second kappa shape index (κ2) is 9.90. The topological polar surface area (TPSA) is 40.6 Å². The molecule has 0 bridgehead atoms. The molecule has 2 amide bonds. The van der Waals surface area contributed by atoms with E-state index in [0.29, 0.717) is 13.1 Å². The largest absolute Gasteiger partial charge is 0.335 e. The van der Waals surface area contributed by atoms with E-state index in [-0.39, 0.29) is 35.7 Å². The van der Waals surface area contributed by atoms with Crippen LogP contribution in [-0.4, -0.2) is 45.5 Å². The van der Waals surface area contributed by atoms with Crippen molar-refractivity contribution in [3.63, 3.8) is 0 Å². The Morgan fingerprint density at radius 3 is 1.29 bits per heavy atom. The Bertz CT molecular complexity index is 495. The van der Waals surface area contributed by atoms with E-state index in [9.17, 15) is 9.59 Å². The molecule has 0 saturated heterocycles. The third kappa shape index (κ3) is 5.99. The second-order valence-corrected chi connectivity index (χ2v) is 6.85. The van der Waals surface area contributed by atoms with Gasteiger partial charge in [0.2, 0.25) is 11.8 Å². The van der Waals surface area contributed by atoms with Crippen molar-refractivity contribution in [1.29, 1.82) is 0 Å². The van der Waals surface area contributed by atoms with Gasteiger partial charge in [0.25, 0.3) is 0 Å². The number of hydrogen-bond donors (Lipinski definition) is 0. The SMILES string of the molecule is CC(C)N(Cc1ccc(CN(C(=O)CCl)C(C)C)cc1)C(=O)CCl. The Labute approximate surface area is 154 Å². The van der Waals surface area contributed by atoms with Gasteiger partial charge in [0.05, 0.1) is 0 Å². The molecule has 0 fully saturated rings. The van der Waals surface area contributed by atoms with Crippen LogP contribution in [0.1, 0.15) is 38.8 Å². The molecule has 0 N–H and O–H groups in total. The molecule has 1 aromatic carbocycles. The number of nitrogens with zero attached hydrogens (tertiary/aromatic N) is 2. The molecule has 0 spiro atoms. The highest BCUT2D eigenvalue weighted by atomic mass is 35.5. The Morgan fingerprint density at radius 1 is 0.792 bits per heavy atom. The molecular formula is C18H26Cl2N2O2. The minimum atomic E-state index is -0.0746. The first-order valence-corrected chi connectivity index (χ1v) is 9.15. The van der Waals surface area contributed by atoms with Crippen molar-refractivity contribution < 1.29 is 9.59 Å². The highest BCUT2D eigenvalue weighted by Gasteiger charge is 2.18. The van der Waals surface area contributed by atoms with Crippen LogP contribution in [-0.2, 0) is 22.7 Å². The predicted octanol–water partition coefficient (Wildman–Crippen LogP) is 3.64. The average Bonchev–Trinajstić information content (AvgIpc) is 2.56. The van der Waals surface area contributed by atoms with Crippen molar-refractivity contribution in [2.45, 2.75) is 52.9 Å². The van der Waals surface area contributed by atoms with Gasteiger partial charge in [-0.2, -0.15) is 0 Å². The molecule has 1 aromatic rings. The summed E-state index contributed by atoms with van der Waals surface area (Å²) in [7, 11) is 0. The van der Waals surface area contributed by atoms with Gasteiger partial charge in [0.15, 0.2) is 0 Å². The van der Waals surface area contributed by atoms with E-state index in [1.807, 2.05) is 52.0 Å². The van der Waals surface area contributed by atoms with Crippen LogP contribution in [0.25, 0.3) is 0 Å². The molecule has 24 heavy (non-hydrogen) atoms. The van der Waals surface area contributed by atoms with Gasteiger partial charge in [-0.25, -0.2) is 0 Å². The Morgan fingerprint density at radius 2 is 1.08 bits per heavy atom. The molecule has 0 aliphatic carbocycles. The van der Waals surface area contributed by atoms with Gasteiger partial charge in [-0.3, -0.25) is 9.59 Å². The average molecular weight is 373 g/mol. The van der Waals surface area contributed by atoms with Crippen LogP contribution < -0.4 is 0 Å². The zero-order valence-electron chi connectivity index (χ0n) is 14.8. The predicted molar refractivity (Wildman–Crippen MR) is 99.3 cm³/mol. The summed E-state index contributed by atoms with van der Waals surface area (Å²) in [6, 6.07) is 8.11. The van der Waals surface area contributed by atoms with Gasteiger partial charge in [-0.15, -0.1) is 23.2 Å². The van der Waals surface area contributed by atoms with E-state index < -0.39 is 0 Å². The van der Waals surface area contributed by atoms with Gasteiger partial charge in [0, 0.05) is 25.2 Å². The smallest absolute Gasteiger partial charge is 0.238 e. The molecule has 6 heteroatoms. The van der Waals surface area contributed by atoms with Crippen LogP contribution in [0.5, 0.6) is 0 Å². The fourth-order valence-corrected chi connectivity index (χ4v) is 2.72. The molecule has 0 heterocycles. The van der Waals surface area contributed by atoms with E-state index in [2.05, 4.69) is 0 Å². The van der Waals surface area contributed by atoms with Crippen molar-refractivity contribution in [2.24, 2.45) is 0 Å². The standard InChI is InChI=1S/C18H26Cl2N2O2/c1-13(2)21(17(23)9-19)11-15-5-7-16(8-6-15)12-22(14(3)4)18(24)10-20/h5-8,13-14H,9-12H2,1-4H3. The lowest BCUT2D eigenvalue weighted by atomic mass is 10.1. The number of carbonyl (C=O) groups excluding carboxylic acids is 2.